The van der Waals surface area contributed by atoms with Crippen LogP contribution in [-0.2, 0) is 0 Å². The van der Waals surface area contributed by atoms with Crippen LogP contribution < -0.4 is 10.6 Å². The van der Waals surface area contributed by atoms with Crippen LogP contribution in [0.2, 0.25) is 0 Å². The quantitative estimate of drug-likeness (QED) is 0.453. The minimum atomic E-state index is 0.0569. The Bertz CT molecular complexity index is 176. The minimum Gasteiger partial charge on any atom is -0.336 e. The fourth-order valence-corrected chi connectivity index (χ4v) is 1.47. The summed E-state index contributed by atoms with van der Waals surface area (Å²) in [6.45, 7) is 2.67. The summed E-state index contributed by atoms with van der Waals surface area (Å²) in [7, 11) is 1.85. The van der Waals surface area contributed by atoms with E-state index >= 15 is 0 Å². The van der Waals surface area contributed by atoms with Gasteiger partial charge in [-0.3, -0.25) is 0 Å². The smallest absolute Gasteiger partial charge is 0.317 e. The van der Waals surface area contributed by atoms with Gasteiger partial charge in [0.15, 0.2) is 0 Å². The summed E-state index contributed by atoms with van der Waals surface area (Å²) in [6, 6.07) is 0.0569. The highest BCUT2D eigenvalue weighted by Crippen LogP contribution is 2.22. The fraction of sp³-hybridized carbons (Fsp3) is 0.833. The molecule has 56 valence electrons. The third-order valence-electron chi connectivity index (χ3n) is 2.49. The van der Waals surface area contributed by atoms with Gasteiger partial charge in [-0.05, 0) is 0 Å². The highest BCUT2D eigenvalue weighted by molar-refractivity contribution is 5.78. The highest BCUT2D eigenvalue weighted by atomic mass is 16.2. The van der Waals surface area contributed by atoms with Crippen molar-refractivity contribution >= 4 is 6.03 Å². The van der Waals surface area contributed by atoms with Crippen molar-refractivity contribution in [2.24, 2.45) is 0 Å². The van der Waals surface area contributed by atoms with E-state index in [1.54, 1.807) is 4.90 Å². The number of amides is 2. The van der Waals surface area contributed by atoms with Gasteiger partial charge in [-0.1, -0.05) is 0 Å². The number of carbonyl (C=O) groups is 1. The van der Waals surface area contributed by atoms with Gasteiger partial charge in [-0.25, -0.2) is 4.79 Å². The molecule has 2 saturated heterocycles. The van der Waals surface area contributed by atoms with Gasteiger partial charge >= 0.3 is 6.03 Å². The number of hydrogen-bond acceptors (Lipinski definition) is 2. The van der Waals surface area contributed by atoms with E-state index in [9.17, 15) is 4.79 Å². The molecule has 0 saturated carbocycles. The van der Waals surface area contributed by atoms with Crippen molar-refractivity contribution in [1.82, 2.24) is 15.5 Å². The van der Waals surface area contributed by atoms with E-state index in [-0.39, 0.29) is 11.6 Å². The Morgan fingerprint density at radius 3 is 2.40 bits per heavy atom. The van der Waals surface area contributed by atoms with Gasteiger partial charge in [0.05, 0.1) is 5.54 Å². The van der Waals surface area contributed by atoms with E-state index < -0.39 is 0 Å². The van der Waals surface area contributed by atoms with E-state index in [2.05, 4.69) is 10.6 Å². The molecule has 0 bridgehead atoms. The highest BCUT2D eigenvalue weighted by Gasteiger charge is 2.47. The van der Waals surface area contributed by atoms with Crippen LogP contribution in [0.15, 0.2) is 0 Å². The molecular weight excluding hydrogens is 130 g/mol. The molecule has 4 heteroatoms. The van der Waals surface area contributed by atoms with Gasteiger partial charge in [-0.15, -0.1) is 0 Å². The van der Waals surface area contributed by atoms with Crippen LogP contribution in [0, 0.1) is 0 Å². The molecule has 0 aromatic heterocycles. The Morgan fingerprint density at radius 1 is 1.50 bits per heavy atom. The van der Waals surface area contributed by atoms with Crippen molar-refractivity contribution in [3.63, 3.8) is 0 Å². The monoisotopic (exact) mass is 141 g/mol. The molecule has 0 unspecified atom stereocenters. The van der Waals surface area contributed by atoms with Crippen molar-refractivity contribution in [1.29, 1.82) is 0 Å². The number of urea groups is 1. The molecule has 2 aliphatic rings. The molecule has 2 heterocycles. The zero-order chi connectivity index (χ0) is 7.19. The lowest BCUT2D eigenvalue weighted by Gasteiger charge is -2.43. The van der Waals surface area contributed by atoms with Crippen LogP contribution in [-0.4, -0.2) is 43.2 Å². The lowest BCUT2D eigenvalue weighted by molar-refractivity contribution is 0.129. The van der Waals surface area contributed by atoms with E-state index in [0.29, 0.717) is 0 Å². The van der Waals surface area contributed by atoms with E-state index in [0.717, 1.165) is 19.6 Å². The van der Waals surface area contributed by atoms with Crippen molar-refractivity contribution in [2.75, 3.05) is 26.7 Å². The molecule has 1 spiro atoms. The molecule has 0 radical (unpaired) electrons. The molecule has 0 aromatic rings. The topological polar surface area (TPSA) is 44.4 Å². The first-order chi connectivity index (χ1) is 4.75. The molecule has 2 amide bonds. The third-order valence-corrected chi connectivity index (χ3v) is 2.49. The van der Waals surface area contributed by atoms with E-state index in [1.807, 2.05) is 7.05 Å². The summed E-state index contributed by atoms with van der Waals surface area (Å²) in [5.41, 5.74) is 0.108. The van der Waals surface area contributed by atoms with Crippen LogP contribution in [0.4, 0.5) is 4.79 Å². The lowest BCUT2D eigenvalue weighted by Crippen LogP contribution is -2.67. The Labute approximate surface area is 59.6 Å². The Kier molecular flexibility index (Phi) is 0.976. The maximum absolute atomic E-state index is 11.0. The van der Waals surface area contributed by atoms with Crippen molar-refractivity contribution in [3.05, 3.63) is 0 Å². The first kappa shape index (κ1) is 5.97. The Hall–Kier alpha value is -0.770. The van der Waals surface area contributed by atoms with Gasteiger partial charge in [0.2, 0.25) is 0 Å². The molecular formula is C6H11N3O. The first-order valence-electron chi connectivity index (χ1n) is 3.47. The van der Waals surface area contributed by atoms with Gasteiger partial charge < -0.3 is 15.5 Å². The summed E-state index contributed by atoms with van der Waals surface area (Å²) in [4.78, 5) is 12.8. The maximum atomic E-state index is 11.0. The summed E-state index contributed by atoms with van der Waals surface area (Å²) in [5, 5.41) is 5.97. The number of nitrogens with zero attached hydrogens (tertiary/aromatic N) is 1. The molecule has 0 aromatic carbocycles. The third kappa shape index (κ3) is 0.520. The normalized spacial score (nSPS) is 28.5. The maximum Gasteiger partial charge on any atom is 0.317 e. The summed E-state index contributed by atoms with van der Waals surface area (Å²) in [5.74, 6) is 0. The zero-order valence-electron chi connectivity index (χ0n) is 5.98. The predicted octanol–water partition coefficient (Wildman–Crippen LogP) is -1.02. The van der Waals surface area contributed by atoms with Crippen LogP contribution in [0.1, 0.15) is 0 Å². The number of rotatable bonds is 0. The lowest BCUT2D eigenvalue weighted by atomic mass is 9.93. The van der Waals surface area contributed by atoms with Crippen LogP contribution in [0.3, 0.4) is 0 Å². The Morgan fingerprint density at radius 2 is 2.20 bits per heavy atom. The molecule has 10 heavy (non-hydrogen) atoms. The average molecular weight is 141 g/mol. The van der Waals surface area contributed by atoms with Crippen LogP contribution >= 0.6 is 0 Å². The van der Waals surface area contributed by atoms with Crippen LogP contribution in [0.25, 0.3) is 0 Å². The van der Waals surface area contributed by atoms with E-state index in [4.69, 9.17) is 0 Å². The number of hydrogen-bond donors (Lipinski definition) is 2. The molecule has 2 fully saturated rings. The summed E-state index contributed by atoms with van der Waals surface area (Å²) >= 11 is 0. The largest absolute Gasteiger partial charge is 0.336 e. The second-order valence-corrected chi connectivity index (χ2v) is 3.05. The predicted molar refractivity (Wildman–Crippen MR) is 36.8 cm³/mol. The fourth-order valence-electron chi connectivity index (χ4n) is 1.47. The van der Waals surface area contributed by atoms with Gasteiger partial charge in [-0.2, -0.15) is 0 Å². The molecule has 0 atom stereocenters. The SMILES string of the molecule is CN1C(=O)NCC12CNC2. The number of nitrogens with one attached hydrogen (secondary N) is 2. The van der Waals surface area contributed by atoms with Gasteiger partial charge in [0.25, 0.3) is 0 Å². The second kappa shape index (κ2) is 1.63. The van der Waals surface area contributed by atoms with Gasteiger partial charge in [0, 0.05) is 26.7 Å². The molecule has 2 rings (SSSR count). The van der Waals surface area contributed by atoms with Crippen molar-refractivity contribution in [2.45, 2.75) is 5.54 Å². The first-order valence-corrected chi connectivity index (χ1v) is 3.47. The number of carbonyl (C=O) groups excluding carboxylic acids is 1. The zero-order valence-corrected chi connectivity index (χ0v) is 5.98. The van der Waals surface area contributed by atoms with Gasteiger partial charge in [0.1, 0.15) is 0 Å². The standard InChI is InChI=1S/C6H11N3O/c1-9-5(10)8-4-6(9)2-7-3-6/h7H,2-4H2,1H3,(H,8,10). The van der Waals surface area contributed by atoms with Crippen molar-refractivity contribution < 1.29 is 4.79 Å². The average Bonchev–Trinajstić information content (AvgIpc) is 2.10. The second-order valence-electron chi connectivity index (χ2n) is 3.05. The van der Waals surface area contributed by atoms with Crippen molar-refractivity contribution in [3.8, 4) is 0 Å². The molecule has 4 nitrogen and oxygen atoms in total. The minimum absolute atomic E-state index is 0.0569. The molecule has 0 aliphatic carbocycles. The molecule has 2 N–H and O–H groups in total. The van der Waals surface area contributed by atoms with Crippen LogP contribution in [0.5, 0.6) is 0 Å². The Balaban J connectivity index is 2.17. The summed E-state index contributed by atoms with van der Waals surface area (Å²) in [6.07, 6.45) is 0. The van der Waals surface area contributed by atoms with E-state index in [1.165, 1.54) is 0 Å². The molecule has 2 aliphatic heterocycles. The number of likely N-dealkylation sites (N-methyl/N-ethyl adjacent to an activating group) is 1. The summed E-state index contributed by atoms with van der Waals surface area (Å²) < 4.78 is 0.